The van der Waals surface area contributed by atoms with Crippen molar-refractivity contribution in [2.75, 3.05) is 6.54 Å². The molecule has 6 nitrogen and oxygen atoms in total. The van der Waals surface area contributed by atoms with Gasteiger partial charge in [0.2, 0.25) is 5.91 Å². The predicted octanol–water partition coefficient (Wildman–Crippen LogP) is 4.49. The molecule has 6 heteroatoms. The molecule has 154 valence electrons. The molecule has 0 spiro atoms. The highest BCUT2D eigenvalue weighted by Crippen LogP contribution is 2.39. The molecule has 1 N–H and O–H groups in total. The highest BCUT2D eigenvalue weighted by molar-refractivity contribution is 5.78. The summed E-state index contributed by atoms with van der Waals surface area (Å²) in [6.45, 7) is 4.65. The van der Waals surface area contributed by atoms with Crippen molar-refractivity contribution in [3.05, 3.63) is 41.6 Å². The monoisotopic (exact) mass is 394 g/mol. The summed E-state index contributed by atoms with van der Waals surface area (Å²) in [6.07, 6.45) is 13.4. The fraction of sp³-hybridized carbons (Fsp3) is 0.565. The van der Waals surface area contributed by atoms with Gasteiger partial charge < -0.3 is 9.84 Å². The molecule has 2 aliphatic carbocycles. The fourth-order valence-electron chi connectivity index (χ4n) is 4.54. The third kappa shape index (κ3) is 4.74. The number of nitrogens with one attached hydrogen (secondary N) is 1. The minimum absolute atomic E-state index is 0.160. The van der Waals surface area contributed by atoms with Crippen LogP contribution < -0.4 is 5.32 Å². The minimum atomic E-state index is 0.160. The van der Waals surface area contributed by atoms with Gasteiger partial charge in [-0.25, -0.2) is 9.97 Å². The SMILES string of the molecule is Cc1cc(-c2cnc(C)nc2C2CCC(CNC(=O)C3CC=CCC3)CC2)on1. The van der Waals surface area contributed by atoms with E-state index in [9.17, 15) is 4.79 Å². The third-order valence-electron chi connectivity index (χ3n) is 6.27. The van der Waals surface area contributed by atoms with Crippen LogP contribution in [0.1, 0.15) is 68.1 Å². The average molecular weight is 395 g/mol. The Kier molecular flexibility index (Phi) is 6.07. The summed E-state index contributed by atoms with van der Waals surface area (Å²) in [5, 5.41) is 7.22. The van der Waals surface area contributed by atoms with Crippen LogP contribution in [-0.4, -0.2) is 27.6 Å². The Morgan fingerprint density at radius 2 is 2.00 bits per heavy atom. The maximum Gasteiger partial charge on any atom is 0.223 e. The first-order valence-electron chi connectivity index (χ1n) is 10.8. The van der Waals surface area contributed by atoms with E-state index in [4.69, 9.17) is 9.51 Å². The topological polar surface area (TPSA) is 80.9 Å². The van der Waals surface area contributed by atoms with Gasteiger partial charge in [-0.15, -0.1) is 0 Å². The van der Waals surface area contributed by atoms with Crippen LogP contribution in [-0.2, 0) is 4.79 Å². The molecule has 0 radical (unpaired) electrons. The van der Waals surface area contributed by atoms with Crippen molar-refractivity contribution in [2.24, 2.45) is 11.8 Å². The van der Waals surface area contributed by atoms with E-state index in [1.54, 1.807) is 0 Å². The van der Waals surface area contributed by atoms with E-state index in [1.165, 1.54) is 0 Å². The summed E-state index contributed by atoms with van der Waals surface area (Å²) in [6, 6.07) is 1.94. The molecule has 1 saturated carbocycles. The van der Waals surface area contributed by atoms with Crippen molar-refractivity contribution in [3.8, 4) is 11.3 Å². The second kappa shape index (κ2) is 8.89. The normalized spacial score (nSPS) is 24.4. The molecule has 2 aromatic heterocycles. The first-order valence-corrected chi connectivity index (χ1v) is 10.8. The van der Waals surface area contributed by atoms with Crippen LogP contribution in [0.25, 0.3) is 11.3 Å². The van der Waals surface area contributed by atoms with E-state index in [0.29, 0.717) is 11.8 Å². The van der Waals surface area contributed by atoms with Crippen molar-refractivity contribution >= 4 is 5.91 Å². The Hall–Kier alpha value is -2.50. The van der Waals surface area contributed by atoms with Crippen molar-refractivity contribution in [3.63, 3.8) is 0 Å². The van der Waals surface area contributed by atoms with Gasteiger partial charge in [-0.05, 0) is 64.7 Å². The summed E-state index contributed by atoms with van der Waals surface area (Å²) in [4.78, 5) is 21.5. The molecule has 1 fully saturated rings. The number of hydrogen-bond donors (Lipinski definition) is 1. The lowest BCUT2D eigenvalue weighted by Gasteiger charge is -2.29. The van der Waals surface area contributed by atoms with Crippen LogP contribution >= 0.6 is 0 Å². The smallest absolute Gasteiger partial charge is 0.223 e. The molecule has 0 aromatic carbocycles. The summed E-state index contributed by atoms with van der Waals surface area (Å²) in [5.74, 6) is 2.87. The first kappa shape index (κ1) is 19.8. The third-order valence-corrected chi connectivity index (χ3v) is 6.27. The van der Waals surface area contributed by atoms with Gasteiger partial charge >= 0.3 is 0 Å². The van der Waals surface area contributed by atoms with E-state index in [-0.39, 0.29) is 11.8 Å². The number of amides is 1. The second-order valence-electron chi connectivity index (χ2n) is 8.49. The van der Waals surface area contributed by atoms with Crippen molar-refractivity contribution in [1.29, 1.82) is 0 Å². The minimum Gasteiger partial charge on any atom is -0.356 e. The molecule has 2 aromatic rings. The lowest BCUT2D eigenvalue weighted by Crippen LogP contribution is -2.35. The van der Waals surface area contributed by atoms with Gasteiger partial charge in [-0.2, -0.15) is 0 Å². The predicted molar refractivity (Wildman–Crippen MR) is 111 cm³/mol. The summed E-state index contributed by atoms with van der Waals surface area (Å²) < 4.78 is 5.48. The van der Waals surface area contributed by atoms with Gasteiger partial charge in [-0.1, -0.05) is 17.3 Å². The van der Waals surface area contributed by atoms with Crippen molar-refractivity contribution in [1.82, 2.24) is 20.4 Å². The number of aryl methyl sites for hydroxylation is 2. The second-order valence-corrected chi connectivity index (χ2v) is 8.49. The van der Waals surface area contributed by atoms with Crippen LogP contribution in [0.5, 0.6) is 0 Å². The quantitative estimate of drug-likeness (QED) is 0.756. The molecule has 2 aliphatic rings. The Morgan fingerprint density at radius 1 is 1.17 bits per heavy atom. The highest BCUT2D eigenvalue weighted by atomic mass is 16.5. The summed E-state index contributed by atoms with van der Waals surface area (Å²) in [5.41, 5.74) is 2.89. The van der Waals surface area contributed by atoms with Crippen molar-refractivity contribution < 1.29 is 9.32 Å². The lowest BCUT2D eigenvalue weighted by atomic mass is 9.79. The molecule has 0 bridgehead atoms. The Balaban J connectivity index is 1.35. The maximum absolute atomic E-state index is 12.4. The molecular weight excluding hydrogens is 364 g/mol. The van der Waals surface area contributed by atoms with Gasteiger partial charge in [0.05, 0.1) is 17.0 Å². The number of rotatable bonds is 5. The fourth-order valence-corrected chi connectivity index (χ4v) is 4.54. The zero-order valence-corrected chi connectivity index (χ0v) is 17.4. The maximum atomic E-state index is 12.4. The molecule has 0 aliphatic heterocycles. The van der Waals surface area contributed by atoms with Crippen LogP contribution in [0.3, 0.4) is 0 Å². The van der Waals surface area contributed by atoms with E-state index in [0.717, 1.165) is 80.0 Å². The van der Waals surface area contributed by atoms with Crippen LogP contribution in [0.2, 0.25) is 0 Å². The number of nitrogens with zero attached hydrogens (tertiary/aromatic N) is 3. The first-order chi connectivity index (χ1) is 14.1. The average Bonchev–Trinajstić information content (AvgIpc) is 3.19. The molecule has 1 atom stereocenters. The van der Waals surface area contributed by atoms with Crippen LogP contribution in [0.15, 0.2) is 28.9 Å². The molecule has 2 heterocycles. The summed E-state index contributed by atoms with van der Waals surface area (Å²) in [7, 11) is 0. The number of hydrogen-bond acceptors (Lipinski definition) is 5. The Morgan fingerprint density at radius 3 is 2.69 bits per heavy atom. The Labute approximate surface area is 172 Å². The molecule has 1 unspecified atom stereocenters. The molecule has 29 heavy (non-hydrogen) atoms. The number of carbonyl (C=O) groups is 1. The van der Waals surface area contributed by atoms with E-state index < -0.39 is 0 Å². The lowest BCUT2D eigenvalue weighted by molar-refractivity contribution is -0.125. The van der Waals surface area contributed by atoms with E-state index in [1.807, 2.05) is 26.1 Å². The van der Waals surface area contributed by atoms with Gasteiger partial charge in [0.1, 0.15) is 5.82 Å². The van der Waals surface area contributed by atoms with E-state index >= 15 is 0 Å². The van der Waals surface area contributed by atoms with Gasteiger partial charge in [-0.3, -0.25) is 4.79 Å². The standard InChI is InChI=1S/C23H30N4O2/c1-15-12-21(29-27-15)20-14-24-16(2)26-22(20)18-10-8-17(9-11-18)13-25-23(28)19-6-4-3-5-7-19/h3-4,12,14,17-19H,5-11,13H2,1-2H3,(H,25,28). The number of allylic oxidation sites excluding steroid dienone is 2. The summed E-state index contributed by atoms with van der Waals surface area (Å²) >= 11 is 0. The Bertz CT molecular complexity index is 881. The molecule has 4 rings (SSSR count). The van der Waals surface area contributed by atoms with Crippen LogP contribution in [0, 0.1) is 25.7 Å². The molecule has 0 saturated heterocycles. The van der Waals surface area contributed by atoms with Gasteiger partial charge in [0, 0.05) is 30.6 Å². The number of aromatic nitrogens is 3. The molecular formula is C23H30N4O2. The van der Waals surface area contributed by atoms with Crippen LogP contribution in [0.4, 0.5) is 0 Å². The molecule has 1 amide bonds. The zero-order valence-electron chi connectivity index (χ0n) is 17.4. The van der Waals surface area contributed by atoms with Crippen molar-refractivity contribution in [2.45, 2.75) is 64.7 Å². The van der Waals surface area contributed by atoms with Gasteiger partial charge in [0.25, 0.3) is 0 Å². The largest absolute Gasteiger partial charge is 0.356 e. The van der Waals surface area contributed by atoms with Gasteiger partial charge in [0.15, 0.2) is 5.76 Å². The highest BCUT2D eigenvalue weighted by Gasteiger charge is 2.28. The zero-order chi connectivity index (χ0) is 20.2. The van der Waals surface area contributed by atoms with E-state index in [2.05, 4.69) is 27.6 Å². The number of carbonyl (C=O) groups excluding carboxylic acids is 1.